The minimum absolute atomic E-state index is 0.0796. The number of aromatic carboxylic acids is 1. The van der Waals surface area contributed by atoms with E-state index in [1.165, 1.54) is 30.3 Å². The van der Waals surface area contributed by atoms with Gasteiger partial charge in [0, 0.05) is 5.56 Å². The lowest BCUT2D eigenvalue weighted by molar-refractivity contribution is 0.0696. The maximum absolute atomic E-state index is 13.6. The Labute approximate surface area is 121 Å². The Hall–Kier alpha value is -1.95. The van der Waals surface area contributed by atoms with Gasteiger partial charge in [0.05, 0.1) is 10.0 Å². The van der Waals surface area contributed by atoms with Crippen molar-refractivity contribution in [3.8, 4) is 5.75 Å². The van der Waals surface area contributed by atoms with Crippen LogP contribution < -0.4 is 4.74 Å². The standard InChI is InChI=1S/C14H9BrF2O3/c15-11-6-10(3-4-12(11)16)20-7-9-2-1-8(14(18)19)5-13(9)17/h1-6H,7H2,(H,18,19). The summed E-state index contributed by atoms with van der Waals surface area (Å²) >= 11 is 3.02. The first kappa shape index (κ1) is 14.5. The summed E-state index contributed by atoms with van der Waals surface area (Å²) < 4.78 is 32.2. The summed E-state index contributed by atoms with van der Waals surface area (Å²) in [5.74, 6) is -1.90. The second kappa shape index (κ2) is 6.00. The highest BCUT2D eigenvalue weighted by molar-refractivity contribution is 9.10. The zero-order valence-corrected chi connectivity index (χ0v) is 11.7. The summed E-state index contributed by atoms with van der Waals surface area (Å²) in [5.41, 5.74) is 0.0891. The molecule has 3 nitrogen and oxygen atoms in total. The third-order valence-electron chi connectivity index (χ3n) is 2.59. The molecule has 0 spiro atoms. The van der Waals surface area contributed by atoms with Gasteiger partial charge < -0.3 is 9.84 Å². The fourth-order valence-electron chi connectivity index (χ4n) is 1.53. The van der Waals surface area contributed by atoms with E-state index < -0.39 is 17.6 Å². The largest absolute Gasteiger partial charge is 0.489 e. The molecule has 0 aliphatic carbocycles. The molecule has 6 heteroatoms. The topological polar surface area (TPSA) is 46.5 Å². The van der Waals surface area contributed by atoms with E-state index >= 15 is 0 Å². The van der Waals surface area contributed by atoms with Gasteiger partial charge in [0.25, 0.3) is 0 Å². The molecule has 0 atom stereocenters. The molecule has 20 heavy (non-hydrogen) atoms. The van der Waals surface area contributed by atoms with E-state index in [0.29, 0.717) is 5.75 Å². The van der Waals surface area contributed by atoms with Gasteiger partial charge in [-0.1, -0.05) is 6.07 Å². The van der Waals surface area contributed by atoms with Crippen molar-refractivity contribution in [3.05, 3.63) is 63.6 Å². The van der Waals surface area contributed by atoms with Gasteiger partial charge in [-0.25, -0.2) is 13.6 Å². The van der Waals surface area contributed by atoms with Crippen molar-refractivity contribution in [3.63, 3.8) is 0 Å². The van der Waals surface area contributed by atoms with Gasteiger partial charge >= 0.3 is 5.97 Å². The number of carboxylic acids is 1. The molecule has 0 unspecified atom stereocenters. The SMILES string of the molecule is O=C(O)c1ccc(COc2ccc(F)c(Br)c2)c(F)c1. The van der Waals surface area contributed by atoms with E-state index in [2.05, 4.69) is 15.9 Å². The number of benzene rings is 2. The van der Waals surface area contributed by atoms with E-state index in [-0.39, 0.29) is 22.2 Å². The van der Waals surface area contributed by atoms with Crippen molar-refractivity contribution in [2.24, 2.45) is 0 Å². The quantitative estimate of drug-likeness (QED) is 0.913. The molecule has 2 aromatic carbocycles. The summed E-state index contributed by atoms with van der Waals surface area (Å²) in [6.45, 7) is -0.0796. The van der Waals surface area contributed by atoms with Crippen LogP contribution in [0.5, 0.6) is 5.75 Å². The molecular weight excluding hydrogens is 334 g/mol. The fraction of sp³-hybridized carbons (Fsp3) is 0.0714. The highest BCUT2D eigenvalue weighted by Gasteiger charge is 2.09. The van der Waals surface area contributed by atoms with Crippen LogP contribution in [-0.2, 0) is 6.61 Å². The lowest BCUT2D eigenvalue weighted by atomic mass is 10.1. The number of ether oxygens (including phenoxy) is 1. The molecule has 0 bridgehead atoms. The molecule has 0 aliphatic rings. The Morgan fingerprint density at radius 1 is 1.15 bits per heavy atom. The predicted octanol–water partition coefficient (Wildman–Crippen LogP) is 4.00. The first-order valence-corrected chi connectivity index (χ1v) is 6.36. The Morgan fingerprint density at radius 3 is 2.50 bits per heavy atom. The summed E-state index contributed by atoms with van der Waals surface area (Å²) in [6, 6.07) is 7.65. The van der Waals surface area contributed by atoms with Crippen molar-refractivity contribution in [2.75, 3.05) is 0 Å². The number of hydrogen-bond acceptors (Lipinski definition) is 2. The molecule has 0 amide bonds. The van der Waals surface area contributed by atoms with Crippen LogP contribution in [-0.4, -0.2) is 11.1 Å². The molecule has 0 heterocycles. The molecule has 2 aromatic rings. The second-order valence-corrected chi connectivity index (χ2v) is 4.83. The zero-order chi connectivity index (χ0) is 14.7. The molecule has 1 N–H and O–H groups in total. The number of carboxylic acid groups (broad SMARTS) is 1. The predicted molar refractivity (Wildman–Crippen MR) is 71.8 cm³/mol. The van der Waals surface area contributed by atoms with E-state index in [1.807, 2.05) is 0 Å². The third-order valence-corrected chi connectivity index (χ3v) is 3.19. The molecule has 0 aliphatic heterocycles. The van der Waals surface area contributed by atoms with Crippen LogP contribution in [0, 0.1) is 11.6 Å². The molecule has 2 rings (SSSR count). The Balaban J connectivity index is 2.10. The Bertz CT molecular complexity index is 659. The van der Waals surface area contributed by atoms with Gasteiger partial charge in [0.2, 0.25) is 0 Å². The van der Waals surface area contributed by atoms with E-state index in [9.17, 15) is 13.6 Å². The van der Waals surface area contributed by atoms with Crippen molar-refractivity contribution < 1.29 is 23.4 Å². The van der Waals surface area contributed by atoms with E-state index in [1.54, 1.807) is 0 Å². The Kier molecular flexibility index (Phi) is 4.34. The fourth-order valence-corrected chi connectivity index (χ4v) is 1.88. The van der Waals surface area contributed by atoms with E-state index in [4.69, 9.17) is 9.84 Å². The first-order valence-electron chi connectivity index (χ1n) is 5.57. The molecule has 0 saturated heterocycles. The van der Waals surface area contributed by atoms with Gasteiger partial charge in [-0.05, 0) is 46.3 Å². The summed E-state index contributed by atoms with van der Waals surface area (Å²) in [5, 5.41) is 8.73. The average Bonchev–Trinajstić information content (AvgIpc) is 2.41. The first-order chi connectivity index (χ1) is 9.47. The van der Waals surface area contributed by atoms with Crippen LogP contribution in [0.2, 0.25) is 0 Å². The average molecular weight is 343 g/mol. The van der Waals surface area contributed by atoms with Crippen molar-refractivity contribution >= 4 is 21.9 Å². The normalized spacial score (nSPS) is 10.3. The molecule has 0 radical (unpaired) electrons. The van der Waals surface area contributed by atoms with E-state index in [0.717, 1.165) is 6.07 Å². The van der Waals surface area contributed by atoms with Crippen LogP contribution in [0.25, 0.3) is 0 Å². The number of halogens is 3. The van der Waals surface area contributed by atoms with Crippen LogP contribution in [0.4, 0.5) is 8.78 Å². The lowest BCUT2D eigenvalue weighted by Crippen LogP contribution is -2.02. The maximum Gasteiger partial charge on any atom is 0.335 e. The van der Waals surface area contributed by atoms with Crippen LogP contribution in [0.1, 0.15) is 15.9 Å². The number of carbonyl (C=O) groups is 1. The molecule has 0 saturated carbocycles. The Morgan fingerprint density at radius 2 is 1.90 bits per heavy atom. The minimum Gasteiger partial charge on any atom is -0.489 e. The van der Waals surface area contributed by atoms with Crippen LogP contribution >= 0.6 is 15.9 Å². The number of hydrogen-bond donors (Lipinski definition) is 1. The summed E-state index contributed by atoms with van der Waals surface area (Å²) in [6.07, 6.45) is 0. The highest BCUT2D eigenvalue weighted by Crippen LogP contribution is 2.23. The van der Waals surface area contributed by atoms with Crippen molar-refractivity contribution in [1.29, 1.82) is 0 Å². The monoisotopic (exact) mass is 342 g/mol. The van der Waals surface area contributed by atoms with Gasteiger partial charge in [0.1, 0.15) is 24.0 Å². The molecule has 0 fully saturated rings. The van der Waals surface area contributed by atoms with Gasteiger partial charge in [0.15, 0.2) is 0 Å². The van der Waals surface area contributed by atoms with Crippen LogP contribution in [0.3, 0.4) is 0 Å². The number of rotatable bonds is 4. The smallest absolute Gasteiger partial charge is 0.335 e. The maximum atomic E-state index is 13.6. The summed E-state index contributed by atoms with van der Waals surface area (Å²) in [4.78, 5) is 10.7. The van der Waals surface area contributed by atoms with Gasteiger partial charge in [-0.15, -0.1) is 0 Å². The van der Waals surface area contributed by atoms with Gasteiger partial charge in [-0.3, -0.25) is 0 Å². The van der Waals surface area contributed by atoms with Crippen molar-refractivity contribution in [1.82, 2.24) is 0 Å². The van der Waals surface area contributed by atoms with Crippen molar-refractivity contribution in [2.45, 2.75) is 6.61 Å². The van der Waals surface area contributed by atoms with Crippen LogP contribution in [0.15, 0.2) is 40.9 Å². The highest BCUT2D eigenvalue weighted by atomic mass is 79.9. The molecule has 0 aromatic heterocycles. The van der Waals surface area contributed by atoms with Gasteiger partial charge in [-0.2, -0.15) is 0 Å². The second-order valence-electron chi connectivity index (χ2n) is 3.98. The zero-order valence-electron chi connectivity index (χ0n) is 10.1. The summed E-state index contributed by atoms with van der Waals surface area (Å²) in [7, 11) is 0. The molecule has 104 valence electrons. The minimum atomic E-state index is -1.20. The third kappa shape index (κ3) is 3.33. The lowest BCUT2D eigenvalue weighted by Gasteiger charge is -2.08. The molecular formula is C14H9BrF2O3.